The Morgan fingerprint density at radius 1 is 1.26 bits per heavy atom. The van der Waals surface area contributed by atoms with Crippen LogP contribution in [-0.4, -0.2) is 37.0 Å². The molecule has 3 fully saturated rings. The molecule has 2 saturated carbocycles. The van der Waals surface area contributed by atoms with Crippen LogP contribution in [-0.2, 0) is 0 Å². The van der Waals surface area contributed by atoms with Crippen molar-refractivity contribution in [3.8, 4) is 0 Å². The maximum Gasteiger partial charge on any atom is 0.193 e. The van der Waals surface area contributed by atoms with Gasteiger partial charge in [-0.25, -0.2) is 0 Å². The number of hydrogen-bond donors (Lipinski definition) is 1. The van der Waals surface area contributed by atoms with Crippen molar-refractivity contribution in [1.29, 1.82) is 0 Å². The molecule has 1 N–H and O–H groups in total. The van der Waals surface area contributed by atoms with Crippen molar-refractivity contribution in [3.05, 3.63) is 0 Å². The Hall–Kier alpha value is 0. The molecule has 0 amide bonds. The molecule has 0 atom stereocenters. The normalized spacial score (nSPS) is 25.7. The first-order valence-electron chi connectivity index (χ1n) is 7.85. The van der Waals surface area contributed by atoms with Crippen LogP contribution in [0.15, 0.2) is 4.99 Å². The number of halogens is 1. The Bertz CT molecular complexity index is 319. The summed E-state index contributed by atoms with van der Waals surface area (Å²) in [5.74, 6) is 2.08. The molecule has 1 aliphatic heterocycles. The van der Waals surface area contributed by atoms with Crippen molar-refractivity contribution >= 4 is 29.9 Å². The van der Waals surface area contributed by atoms with Crippen LogP contribution in [0.3, 0.4) is 0 Å². The van der Waals surface area contributed by atoms with Crippen molar-refractivity contribution in [1.82, 2.24) is 10.2 Å². The summed E-state index contributed by atoms with van der Waals surface area (Å²) in [5, 5.41) is 3.49. The van der Waals surface area contributed by atoms with E-state index in [-0.39, 0.29) is 24.0 Å². The maximum absolute atomic E-state index is 4.84. The van der Waals surface area contributed by atoms with Crippen LogP contribution in [0.2, 0.25) is 0 Å². The maximum atomic E-state index is 4.84. The SMILES string of the molecule is CCNC(=NCC1CC1)N1CCC2(CCCC2)C1.I. The van der Waals surface area contributed by atoms with Crippen LogP contribution < -0.4 is 5.32 Å². The van der Waals surface area contributed by atoms with Gasteiger partial charge >= 0.3 is 0 Å². The number of guanidine groups is 1. The van der Waals surface area contributed by atoms with Gasteiger partial charge in [-0.1, -0.05) is 12.8 Å². The van der Waals surface area contributed by atoms with Gasteiger partial charge in [-0.05, 0) is 50.4 Å². The summed E-state index contributed by atoms with van der Waals surface area (Å²) in [4.78, 5) is 7.37. The molecule has 0 aromatic heterocycles. The molecule has 3 nitrogen and oxygen atoms in total. The zero-order chi connectivity index (χ0) is 12.4. The van der Waals surface area contributed by atoms with Crippen LogP contribution >= 0.6 is 24.0 Å². The highest BCUT2D eigenvalue weighted by Gasteiger charge is 2.41. The van der Waals surface area contributed by atoms with Gasteiger partial charge in [0.05, 0.1) is 0 Å². The van der Waals surface area contributed by atoms with Crippen LogP contribution in [0, 0.1) is 11.3 Å². The minimum absolute atomic E-state index is 0. The van der Waals surface area contributed by atoms with Gasteiger partial charge < -0.3 is 10.2 Å². The van der Waals surface area contributed by atoms with Gasteiger partial charge in [0.1, 0.15) is 0 Å². The van der Waals surface area contributed by atoms with Crippen molar-refractivity contribution in [2.45, 2.75) is 51.9 Å². The molecule has 1 heterocycles. The highest BCUT2D eigenvalue weighted by atomic mass is 127. The molecule has 4 heteroatoms. The van der Waals surface area contributed by atoms with Gasteiger partial charge in [-0.2, -0.15) is 0 Å². The fourth-order valence-corrected chi connectivity index (χ4v) is 3.59. The summed E-state index contributed by atoms with van der Waals surface area (Å²) >= 11 is 0. The minimum atomic E-state index is 0. The lowest BCUT2D eigenvalue weighted by Crippen LogP contribution is -2.41. The Balaban J connectivity index is 0.00000133. The first-order valence-corrected chi connectivity index (χ1v) is 7.85. The van der Waals surface area contributed by atoms with E-state index in [1.54, 1.807) is 0 Å². The highest BCUT2D eigenvalue weighted by molar-refractivity contribution is 14.0. The molecule has 0 radical (unpaired) electrons. The van der Waals surface area contributed by atoms with Crippen molar-refractivity contribution < 1.29 is 0 Å². The second kappa shape index (κ2) is 6.64. The van der Waals surface area contributed by atoms with Crippen LogP contribution in [0.1, 0.15) is 51.9 Å². The molecule has 0 aromatic carbocycles. The molecule has 19 heavy (non-hydrogen) atoms. The molecule has 110 valence electrons. The van der Waals surface area contributed by atoms with E-state index >= 15 is 0 Å². The Labute approximate surface area is 134 Å². The number of aliphatic imine (C=N–C) groups is 1. The van der Waals surface area contributed by atoms with E-state index in [4.69, 9.17) is 4.99 Å². The lowest BCUT2D eigenvalue weighted by molar-refractivity contribution is 0.309. The Kier molecular flexibility index (Phi) is 5.37. The number of nitrogens with one attached hydrogen (secondary N) is 1. The summed E-state index contributed by atoms with van der Waals surface area (Å²) < 4.78 is 0. The van der Waals surface area contributed by atoms with E-state index in [2.05, 4.69) is 17.1 Å². The van der Waals surface area contributed by atoms with E-state index < -0.39 is 0 Å². The van der Waals surface area contributed by atoms with E-state index in [1.165, 1.54) is 64.0 Å². The van der Waals surface area contributed by atoms with Crippen molar-refractivity contribution in [3.63, 3.8) is 0 Å². The summed E-state index contributed by atoms with van der Waals surface area (Å²) in [7, 11) is 0. The quantitative estimate of drug-likeness (QED) is 0.465. The van der Waals surface area contributed by atoms with E-state index in [9.17, 15) is 0 Å². The predicted molar refractivity (Wildman–Crippen MR) is 91.2 cm³/mol. The number of nitrogens with zero attached hydrogens (tertiary/aromatic N) is 2. The second-order valence-electron chi connectivity index (χ2n) is 6.52. The first-order chi connectivity index (χ1) is 8.81. The third-order valence-corrected chi connectivity index (χ3v) is 4.93. The second-order valence-corrected chi connectivity index (χ2v) is 6.52. The van der Waals surface area contributed by atoms with Crippen LogP contribution in [0.4, 0.5) is 0 Å². The smallest absolute Gasteiger partial charge is 0.193 e. The van der Waals surface area contributed by atoms with Gasteiger partial charge in [0, 0.05) is 26.2 Å². The molecule has 1 spiro atoms. The van der Waals surface area contributed by atoms with Crippen LogP contribution in [0.5, 0.6) is 0 Å². The molecule has 3 aliphatic rings. The number of likely N-dealkylation sites (tertiary alicyclic amines) is 1. The standard InChI is InChI=1S/C15H27N3.HI/c1-2-16-14(17-11-13-5-6-13)18-10-9-15(12-18)7-3-4-8-15;/h13H,2-12H2,1H3,(H,16,17);1H. The topological polar surface area (TPSA) is 27.6 Å². The van der Waals surface area contributed by atoms with Crippen molar-refractivity contribution in [2.75, 3.05) is 26.2 Å². The van der Waals surface area contributed by atoms with Gasteiger partial charge in [0.25, 0.3) is 0 Å². The van der Waals surface area contributed by atoms with Crippen molar-refractivity contribution in [2.24, 2.45) is 16.3 Å². The van der Waals surface area contributed by atoms with Gasteiger partial charge in [-0.15, -0.1) is 24.0 Å². The summed E-state index contributed by atoms with van der Waals surface area (Å²) in [6.45, 7) is 6.69. The molecular formula is C15H28IN3. The molecule has 1 saturated heterocycles. The van der Waals surface area contributed by atoms with E-state index in [1.807, 2.05) is 0 Å². The lowest BCUT2D eigenvalue weighted by atomic mass is 9.86. The summed E-state index contributed by atoms with van der Waals surface area (Å²) in [6, 6.07) is 0. The molecule has 0 unspecified atom stereocenters. The zero-order valence-electron chi connectivity index (χ0n) is 12.2. The highest BCUT2D eigenvalue weighted by Crippen LogP contribution is 2.45. The molecular weight excluding hydrogens is 349 g/mol. The zero-order valence-corrected chi connectivity index (χ0v) is 14.5. The van der Waals surface area contributed by atoms with Gasteiger partial charge in [-0.3, -0.25) is 4.99 Å². The molecule has 2 aliphatic carbocycles. The Morgan fingerprint density at radius 2 is 2.00 bits per heavy atom. The summed E-state index contributed by atoms with van der Waals surface area (Å²) in [6.07, 6.45) is 9.98. The van der Waals surface area contributed by atoms with E-state index in [0.717, 1.165) is 19.0 Å². The fourth-order valence-electron chi connectivity index (χ4n) is 3.59. The van der Waals surface area contributed by atoms with E-state index in [0.29, 0.717) is 5.41 Å². The van der Waals surface area contributed by atoms with Gasteiger partial charge in [0.2, 0.25) is 0 Å². The number of hydrogen-bond acceptors (Lipinski definition) is 1. The third kappa shape index (κ3) is 3.76. The van der Waals surface area contributed by atoms with Gasteiger partial charge in [0.15, 0.2) is 5.96 Å². The molecule has 0 aromatic rings. The monoisotopic (exact) mass is 377 g/mol. The average molecular weight is 377 g/mol. The first kappa shape index (κ1) is 15.4. The number of rotatable bonds is 3. The largest absolute Gasteiger partial charge is 0.357 e. The third-order valence-electron chi connectivity index (χ3n) is 4.93. The lowest BCUT2D eigenvalue weighted by Gasteiger charge is -2.26. The Morgan fingerprint density at radius 3 is 2.63 bits per heavy atom. The summed E-state index contributed by atoms with van der Waals surface area (Å²) in [5.41, 5.74) is 0.649. The molecule has 0 bridgehead atoms. The average Bonchev–Trinajstić information content (AvgIpc) is 2.95. The van der Waals surface area contributed by atoms with Crippen LogP contribution in [0.25, 0.3) is 0 Å². The predicted octanol–water partition coefficient (Wildman–Crippen LogP) is 3.25. The minimum Gasteiger partial charge on any atom is -0.357 e. The fraction of sp³-hybridized carbons (Fsp3) is 0.933. The molecule has 3 rings (SSSR count).